The molecule has 1 aromatic rings. The van der Waals surface area contributed by atoms with E-state index in [1.807, 2.05) is 0 Å². The van der Waals surface area contributed by atoms with Crippen LogP contribution in [-0.4, -0.2) is 49.6 Å². The summed E-state index contributed by atoms with van der Waals surface area (Å²) < 4.78 is 32.2. The Morgan fingerprint density at radius 1 is 1.52 bits per heavy atom. The number of hydrogen-bond donors (Lipinski definition) is 1. The topological polar surface area (TPSA) is 83.9 Å². The van der Waals surface area contributed by atoms with Gasteiger partial charge in [0.25, 0.3) is 0 Å². The van der Waals surface area contributed by atoms with Crippen molar-refractivity contribution in [3.8, 4) is 0 Å². The molecule has 1 atom stereocenters. The van der Waals surface area contributed by atoms with E-state index in [9.17, 15) is 18.3 Å². The molecule has 1 saturated heterocycles. The molecule has 8 heteroatoms. The summed E-state index contributed by atoms with van der Waals surface area (Å²) in [5, 5.41) is 9.53. The first-order chi connectivity index (χ1) is 9.84. The monoisotopic (exact) mass is 377 g/mol. The predicted molar refractivity (Wildman–Crippen MR) is 79.5 cm³/mol. The van der Waals surface area contributed by atoms with Gasteiger partial charge in [0.05, 0.1) is 11.5 Å². The van der Waals surface area contributed by atoms with Gasteiger partial charge in [-0.3, -0.25) is 4.79 Å². The number of carboxylic acids is 1. The van der Waals surface area contributed by atoms with E-state index in [-0.39, 0.29) is 24.5 Å². The Morgan fingerprint density at radius 2 is 2.24 bits per heavy atom. The van der Waals surface area contributed by atoms with Gasteiger partial charge in [0.1, 0.15) is 0 Å². The van der Waals surface area contributed by atoms with E-state index in [1.54, 1.807) is 12.1 Å². The highest BCUT2D eigenvalue weighted by atomic mass is 79.9. The highest BCUT2D eigenvalue weighted by Crippen LogP contribution is 2.35. The number of hydrogen-bond acceptors (Lipinski definition) is 4. The second-order valence-electron chi connectivity index (χ2n) is 4.91. The lowest BCUT2D eigenvalue weighted by molar-refractivity contribution is -0.150. The van der Waals surface area contributed by atoms with Crippen molar-refractivity contribution in [2.75, 3.05) is 20.3 Å². The average molecular weight is 378 g/mol. The third-order valence-electron chi connectivity index (χ3n) is 3.59. The summed E-state index contributed by atoms with van der Waals surface area (Å²) in [6, 6.07) is 6.24. The average Bonchev–Trinajstić information content (AvgIpc) is 2.85. The maximum atomic E-state index is 12.8. The van der Waals surface area contributed by atoms with Gasteiger partial charge in [-0.2, -0.15) is 4.31 Å². The fourth-order valence-electron chi connectivity index (χ4n) is 2.62. The molecule has 116 valence electrons. The number of carbonyl (C=O) groups is 1. The van der Waals surface area contributed by atoms with Gasteiger partial charge in [-0.05, 0) is 31.0 Å². The fraction of sp³-hybridized carbons (Fsp3) is 0.462. The molecule has 1 unspecified atom stereocenters. The zero-order valence-corrected chi connectivity index (χ0v) is 13.9. The highest BCUT2D eigenvalue weighted by molar-refractivity contribution is 9.10. The molecule has 0 spiro atoms. The molecule has 0 aromatic heterocycles. The molecule has 0 radical (unpaired) electrons. The Balaban J connectivity index is 2.50. The van der Waals surface area contributed by atoms with Crippen molar-refractivity contribution in [2.24, 2.45) is 0 Å². The summed E-state index contributed by atoms with van der Waals surface area (Å²) in [5.74, 6) is -1.18. The quantitative estimate of drug-likeness (QED) is 0.843. The highest BCUT2D eigenvalue weighted by Gasteiger charge is 2.53. The Kier molecular flexibility index (Phi) is 4.72. The summed E-state index contributed by atoms with van der Waals surface area (Å²) in [4.78, 5) is 11.7. The minimum absolute atomic E-state index is 0.0699. The third-order valence-corrected chi connectivity index (χ3v) is 6.05. The van der Waals surface area contributed by atoms with Crippen molar-refractivity contribution in [3.05, 3.63) is 28.7 Å². The van der Waals surface area contributed by atoms with Crippen LogP contribution in [0.2, 0.25) is 0 Å². The van der Waals surface area contributed by atoms with Gasteiger partial charge >= 0.3 is 5.97 Å². The van der Waals surface area contributed by atoms with E-state index < -0.39 is 21.5 Å². The number of ether oxygens (including phenoxy) is 1. The van der Waals surface area contributed by atoms with E-state index in [0.29, 0.717) is 10.9 Å². The van der Waals surface area contributed by atoms with Crippen molar-refractivity contribution < 1.29 is 23.1 Å². The molecule has 0 saturated carbocycles. The van der Waals surface area contributed by atoms with Gasteiger partial charge in [0.2, 0.25) is 10.0 Å². The molecule has 2 rings (SSSR count). The zero-order valence-electron chi connectivity index (χ0n) is 11.5. The molecule has 21 heavy (non-hydrogen) atoms. The summed E-state index contributed by atoms with van der Waals surface area (Å²) in [5.41, 5.74) is -1.53. The second-order valence-corrected chi connectivity index (χ2v) is 7.69. The smallest absolute Gasteiger partial charge is 0.327 e. The van der Waals surface area contributed by atoms with E-state index in [1.165, 1.54) is 19.2 Å². The molecular weight excluding hydrogens is 362 g/mol. The number of benzene rings is 1. The first-order valence-corrected chi connectivity index (χ1v) is 8.59. The van der Waals surface area contributed by atoms with E-state index in [2.05, 4.69) is 15.9 Å². The summed E-state index contributed by atoms with van der Waals surface area (Å²) >= 11 is 3.23. The van der Waals surface area contributed by atoms with Gasteiger partial charge in [-0.1, -0.05) is 22.0 Å². The number of halogens is 1. The molecular formula is C13H16BrNO5S. The van der Waals surface area contributed by atoms with Crippen molar-refractivity contribution in [1.82, 2.24) is 4.31 Å². The standard InChI is InChI=1S/C13H16BrNO5S/c1-20-9-13(12(16)17)6-3-7-15(13)21(18,19)11-5-2-4-10(14)8-11/h2,4-5,8H,3,6-7,9H2,1H3,(H,16,17). The number of methoxy groups -OCH3 is 1. The van der Waals surface area contributed by atoms with Crippen LogP contribution in [0.1, 0.15) is 12.8 Å². The Bertz CT molecular complexity index is 648. The summed E-state index contributed by atoms with van der Waals surface area (Å²) in [6.45, 7) is 0.0000726. The van der Waals surface area contributed by atoms with Crippen LogP contribution in [0.5, 0.6) is 0 Å². The van der Waals surface area contributed by atoms with Crippen LogP contribution in [0.4, 0.5) is 0 Å². The van der Waals surface area contributed by atoms with Crippen LogP contribution in [0, 0.1) is 0 Å². The minimum atomic E-state index is -3.89. The number of nitrogens with zero attached hydrogens (tertiary/aromatic N) is 1. The lowest BCUT2D eigenvalue weighted by Gasteiger charge is -2.33. The number of rotatable bonds is 5. The lowest BCUT2D eigenvalue weighted by atomic mass is 9.99. The number of aliphatic carboxylic acids is 1. The SMILES string of the molecule is COCC1(C(=O)O)CCCN1S(=O)(=O)c1cccc(Br)c1. The van der Waals surface area contributed by atoms with Gasteiger partial charge in [0, 0.05) is 18.1 Å². The minimum Gasteiger partial charge on any atom is -0.480 e. The third kappa shape index (κ3) is 2.85. The van der Waals surface area contributed by atoms with Crippen molar-refractivity contribution in [1.29, 1.82) is 0 Å². The number of carboxylic acid groups (broad SMARTS) is 1. The van der Waals surface area contributed by atoms with Crippen LogP contribution >= 0.6 is 15.9 Å². The van der Waals surface area contributed by atoms with Crippen LogP contribution in [-0.2, 0) is 19.6 Å². The molecule has 1 aliphatic heterocycles. The van der Waals surface area contributed by atoms with E-state index in [0.717, 1.165) is 4.31 Å². The molecule has 1 heterocycles. The maximum absolute atomic E-state index is 12.8. The fourth-order valence-corrected chi connectivity index (χ4v) is 5.00. The van der Waals surface area contributed by atoms with E-state index in [4.69, 9.17) is 4.74 Å². The molecule has 1 fully saturated rings. The molecule has 1 aliphatic rings. The number of sulfonamides is 1. The van der Waals surface area contributed by atoms with Gasteiger partial charge < -0.3 is 9.84 Å². The zero-order chi connectivity index (χ0) is 15.7. The second kappa shape index (κ2) is 6.04. The first kappa shape index (κ1) is 16.4. The van der Waals surface area contributed by atoms with Crippen LogP contribution in [0.3, 0.4) is 0 Å². The van der Waals surface area contributed by atoms with Crippen molar-refractivity contribution in [3.63, 3.8) is 0 Å². The summed E-state index contributed by atoms with van der Waals surface area (Å²) in [7, 11) is -2.53. The van der Waals surface area contributed by atoms with Gasteiger partial charge in [-0.15, -0.1) is 0 Å². The van der Waals surface area contributed by atoms with Crippen LogP contribution in [0.15, 0.2) is 33.6 Å². The van der Waals surface area contributed by atoms with Gasteiger partial charge in [-0.25, -0.2) is 8.42 Å². The Hall–Kier alpha value is -0.960. The van der Waals surface area contributed by atoms with Gasteiger partial charge in [0.15, 0.2) is 5.54 Å². The normalized spacial score (nSPS) is 23.3. The molecule has 1 aromatic carbocycles. The molecule has 0 aliphatic carbocycles. The Labute approximate surface area is 131 Å². The lowest BCUT2D eigenvalue weighted by Crippen LogP contribution is -2.55. The van der Waals surface area contributed by atoms with E-state index >= 15 is 0 Å². The van der Waals surface area contributed by atoms with Crippen molar-refractivity contribution in [2.45, 2.75) is 23.3 Å². The van der Waals surface area contributed by atoms with Crippen LogP contribution in [0.25, 0.3) is 0 Å². The largest absolute Gasteiger partial charge is 0.480 e. The first-order valence-electron chi connectivity index (χ1n) is 6.35. The predicted octanol–water partition coefficient (Wildman–Crippen LogP) is 1.70. The molecule has 6 nitrogen and oxygen atoms in total. The van der Waals surface area contributed by atoms with Crippen molar-refractivity contribution >= 4 is 31.9 Å². The Morgan fingerprint density at radius 3 is 2.81 bits per heavy atom. The van der Waals surface area contributed by atoms with Crippen LogP contribution < -0.4 is 0 Å². The maximum Gasteiger partial charge on any atom is 0.327 e. The molecule has 1 N–H and O–H groups in total. The molecule has 0 bridgehead atoms. The molecule has 0 amide bonds. The summed E-state index contributed by atoms with van der Waals surface area (Å²) in [6.07, 6.45) is 0.728.